The Balaban J connectivity index is 2.81. The number of benzene rings is 1. The summed E-state index contributed by atoms with van der Waals surface area (Å²) in [7, 11) is -3.76. The number of nitrogens with two attached hydrogens (primary N) is 1. The van der Waals surface area contributed by atoms with Gasteiger partial charge in [-0.25, -0.2) is 8.42 Å². The molecule has 7 heteroatoms. The van der Waals surface area contributed by atoms with Gasteiger partial charge in [0.15, 0.2) is 9.84 Å². The molecule has 0 bridgehead atoms. The normalized spacial score (nSPS) is 10.7. The Morgan fingerprint density at radius 2 is 2.16 bits per heavy atom. The van der Waals surface area contributed by atoms with Crippen LogP contribution in [0.4, 0.5) is 5.69 Å². The van der Waals surface area contributed by atoms with Gasteiger partial charge >= 0.3 is 0 Å². The smallest absolute Gasteiger partial charge is 0.235 e. The van der Waals surface area contributed by atoms with E-state index in [1.165, 1.54) is 6.07 Å². The Hall–Kier alpha value is -2.07. The van der Waals surface area contributed by atoms with Crippen molar-refractivity contribution in [1.82, 2.24) is 5.32 Å². The molecule has 0 aromatic heterocycles. The topological polar surface area (TPSA) is 113 Å². The SMILES string of the molecule is Cc1ccc(S(=O)(=O)CC(=O)NCCC#N)c(N)c1. The van der Waals surface area contributed by atoms with Crippen LogP contribution in [0.25, 0.3) is 0 Å². The molecule has 0 unspecified atom stereocenters. The van der Waals surface area contributed by atoms with Crippen molar-refractivity contribution in [3.8, 4) is 6.07 Å². The minimum Gasteiger partial charge on any atom is -0.398 e. The zero-order chi connectivity index (χ0) is 14.5. The largest absolute Gasteiger partial charge is 0.398 e. The van der Waals surface area contributed by atoms with E-state index in [9.17, 15) is 13.2 Å². The second kappa shape index (κ2) is 6.20. The van der Waals surface area contributed by atoms with Gasteiger partial charge in [0.2, 0.25) is 5.91 Å². The number of rotatable bonds is 5. The highest BCUT2D eigenvalue weighted by Gasteiger charge is 2.21. The molecule has 0 radical (unpaired) electrons. The molecule has 102 valence electrons. The molecule has 0 aliphatic heterocycles. The lowest BCUT2D eigenvalue weighted by atomic mass is 10.2. The molecule has 3 N–H and O–H groups in total. The molecule has 0 fully saturated rings. The molecule has 1 aromatic rings. The number of nitrogens with one attached hydrogen (secondary N) is 1. The first-order chi connectivity index (χ1) is 8.86. The van der Waals surface area contributed by atoms with Gasteiger partial charge in [-0.1, -0.05) is 6.07 Å². The monoisotopic (exact) mass is 281 g/mol. The van der Waals surface area contributed by atoms with Crippen LogP contribution in [0.15, 0.2) is 23.1 Å². The Labute approximate surface area is 112 Å². The standard InChI is InChI=1S/C12H15N3O3S/c1-9-3-4-11(10(14)7-9)19(17,18)8-12(16)15-6-2-5-13/h3-4,7H,2,6,8,14H2,1H3,(H,15,16). The number of nitriles is 1. The maximum absolute atomic E-state index is 12.0. The van der Waals surface area contributed by atoms with Crippen LogP contribution in [0.1, 0.15) is 12.0 Å². The van der Waals surface area contributed by atoms with Crippen LogP contribution in [0, 0.1) is 18.3 Å². The second-order valence-electron chi connectivity index (χ2n) is 4.06. The Bertz CT molecular complexity index is 618. The lowest BCUT2D eigenvalue weighted by Gasteiger charge is -2.08. The maximum atomic E-state index is 12.0. The van der Waals surface area contributed by atoms with Gasteiger partial charge in [0.25, 0.3) is 0 Å². The highest BCUT2D eigenvalue weighted by Crippen LogP contribution is 2.20. The summed E-state index contributed by atoms with van der Waals surface area (Å²) in [4.78, 5) is 11.4. The van der Waals surface area contributed by atoms with Gasteiger partial charge in [-0.05, 0) is 24.6 Å². The van der Waals surface area contributed by atoms with Crippen molar-refractivity contribution >= 4 is 21.4 Å². The number of nitrogen functional groups attached to an aromatic ring is 1. The number of sulfone groups is 1. The van der Waals surface area contributed by atoms with Crippen molar-refractivity contribution < 1.29 is 13.2 Å². The van der Waals surface area contributed by atoms with Gasteiger partial charge in [0.05, 0.1) is 23.1 Å². The van der Waals surface area contributed by atoms with Crippen molar-refractivity contribution in [2.45, 2.75) is 18.2 Å². The van der Waals surface area contributed by atoms with E-state index < -0.39 is 21.5 Å². The van der Waals surface area contributed by atoms with Crippen molar-refractivity contribution in [2.24, 2.45) is 0 Å². The summed E-state index contributed by atoms with van der Waals surface area (Å²) in [6.07, 6.45) is 0.137. The fourth-order valence-electron chi connectivity index (χ4n) is 1.51. The first-order valence-corrected chi connectivity index (χ1v) is 7.24. The van der Waals surface area contributed by atoms with Crippen LogP contribution in [0.3, 0.4) is 0 Å². The van der Waals surface area contributed by atoms with Crippen molar-refractivity contribution in [2.75, 3.05) is 18.0 Å². The Morgan fingerprint density at radius 3 is 2.74 bits per heavy atom. The molecular formula is C12H15N3O3S. The van der Waals surface area contributed by atoms with Crippen molar-refractivity contribution in [3.63, 3.8) is 0 Å². The molecule has 0 saturated heterocycles. The van der Waals surface area contributed by atoms with E-state index in [0.29, 0.717) is 0 Å². The summed E-state index contributed by atoms with van der Waals surface area (Å²) in [6, 6.07) is 6.40. The highest BCUT2D eigenvalue weighted by molar-refractivity contribution is 7.92. The minimum atomic E-state index is -3.76. The van der Waals surface area contributed by atoms with Crippen LogP contribution in [-0.2, 0) is 14.6 Å². The average molecular weight is 281 g/mol. The average Bonchev–Trinajstić information content (AvgIpc) is 2.27. The number of hydrogen-bond acceptors (Lipinski definition) is 5. The molecule has 0 aliphatic carbocycles. The Morgan fingerprint density at radius 1 is 1.47 bits per heavy atom. The predicted molar refractivity (Wildman–Crippen MR) is 70.9 cm³/mol. The van der Waals surface area contributed by atoms with Gasteiger partial charge in [0.1, 0.15) is 5.75 Å². The molecule has 0 saturated carbocycles. The Kier molecular flexibility index (Phi) is 4.89. The number of hydrogen-bond donors (Lipinski definition) is 2. The fraction of sp³-hybridized carbons (Fsp3) is 0.333. The zero-order valence-electron chi connectivity index (χ0n) is 10.5. The van der Waals surface area contributed by atoms with E-state index in [1.807, 2.05) is 6.07 Å². The summed E-state index contributed by atoms with van der Waals surface area (Å²) in [5.41, 5.74) is 6.62. The van der Waals surface area contributed by atoms with E-state index in [-0.39, 0.29) is 23.5 Å². The molecule has 19 heavy (non-hydrogen) atoms. The van der Waals surface area contributed by atoms with Gasteiger partial charge in [-0.2, -0.15) is 5.26 Å². The summed E-state index contributed by atoms with van der Waals surface area (Å²) < 4.78 is 24.0. The van der Waals surface area contributed by atoms with Gasteiger partial charge in [-0.15, -0.1) is 0 Å². The molecule has 6 nitrogen and oxygen atoms in total. The van der Waals surface area contributed by atoms with E-state index >= 15 is 0 Å². The fourth-order valence-corrected chi connectivity index (χ4v) is 2.81. The van der Waals surface area contributed by atoms with Gasteiger partial charge < -0.3 is 11.1 Å². The third kappa shape index (κ3) is 4.26. The van der Waals surface area contributed by atoms with Crippen LogP contribution < -0.4 is 11.1 Å². The summed E-state index contributed by atoms with van der Waals surface area (Å²) in [5, 5.41) is 10.7. The first kappa shape index (κ1) is 15.0. The number of carbonyl (C=O) groups excluding carboxylic acids is 1. The summed E-state index contributed by atoms with van der Waals surface area (Å²) in [5.74, 6) is -1.32. The van der Waals surface area contributed by atoms with Crippen LogP contribution >= 0.6 is 0 Å². The number of amides is 1. The number of anilines is 1. The molecule has 1 amide bonds. The van der Waals surface area contributed by atoms with E-state index in [0.717, 1.165) is 5.56 Å². The predicted octanol–water partition coefficient (Wildman–Crippen LogP) is 0.381. The quantitative estimate of drug-likeness (QED) is 0.598. The molecular weight excluding hydrogens is 266 g/mol. The molecule has 1 aromatic carbocycles. The molecule has 1 rings (SSSR count). The maximum Gasteiger partial charge on any atom is 0.235 e. The minimum absolute atomic E-state index is 0.0477. The number of nitrogens with zero attached hydrogens (tertiary/aromatic N) is 1. The number of carbonyl (C=O) groups is 1. The van der Waals surface area contributed by atoms with Crippen molar-refractivity contribution in [1.29, 1.82) is 5.26 Å². The summed E-state index contributed by atoms with van der Waals surface area (Å²) in [6.45, 7) is 1.93. The van der Waals surface area contributed by atoms with E-state index in [4.69, 9.17) is 11.0 Å². The van der Waals surface area contributed by atoms with Gasteiger partial charge in [-0.3, -0.25) is 4.79 Å². The zero-order valence-corrected chi connectivity index (χ0v) is 11.3. The van der Waals surface area contributed by atoms with Crippen LogP contribution in [0.5, 0.6) is 0 Å². The molecule has 0 atom stereocenters. The first-order valence-electron chi connectivity index (χ1n) is 5.59. The lowest BCUT2D eigenvalue weighted by molar-refractivity contribution is -0.118. The van der Waals surface area contributed by atoms with E-state index in [2.05, 4.69) is 5.32 Å². The van der Waals surface area contributed by atoms with E-state index in [1.54, 1.807) is 19.1 Å². The summed E-state index contributed by atoms with van der Waals surface area (Å²) >= 11 is 0. The molecule has 0 heterocycles. The van der Waals surface area contributed by atoms with Crippen LogP contribution in [-0.4, -0.2) is 26.6 Å². The van der Waals surface area contributed by atoms with Crippen molar-refractivity contribution in [3.05, 3.63) is 23.8 Å². The highest BCUT2D eigenvalue weighted by atomic mass is 32.2. The third-order valence-electron chi connectivity index (χ3n) is 2.38. The molecule has 0 aliphatic rings. The number of aryl methyl sites for hydroxylation is 1. The van der Waals surface area contributed by atoms with Crippen LogP contribution in [0.2, 0.25) is 0 Å². The van der Waals surface area contributed by atoms with Gasteiger partial charge in [0, 0.05) is 6.54 Å². The third-order valence-corrected chi connectivity index (χ3v) is 4.06. The molecule has 0 spiro atoms. The second-order valence-corrected chi connectivity index (χ2v) is 6.02. The lowest BCUT2D eigenvalue weighted by Crippen LogP contribution is -2.31.